The van der Waals surface area contributed by atoms with Gasteiger partial charge in [0.2, 0.25) is 12.6 Å². The molecule has 0 bridgehead atoms. The molecule has 0 saturated carbocycles. The molecule has 7 heteroatoms. The molecule has 128 valence electrons. The van der Waals surface area contributed by atoms with Crippen molar-refractivity contribution in [2.45, 2.75) is 6.18 Å². The fourth-order valence-electron chi connectivity index (χ4n) is 2.83. The first-order chi connectivity index (χ1) is 11.8. The van der Waals surface area contributed by atoms with Gasteiger partial charge in [-0.15, -0.1) is 0 Å². The molecule has 0 fully saturated rings. The van der Waals surface area contributed by atoms with Crippen LogP contribution in [0.1, 0.15) is 11.1 Å². The lowest BCUT2D eigenvalue weighted by molar-refractivity contribution is -0.115. The van der Waals surface area contributed by atoms with Gasteiger partial charge in [-0.25, -0.2) is 0 Å². The van der Waals surface area contributed by atoms with Crippen molar-refractivity contribution in [3.05, 3.63) is 59.9 Å². The molecule has 2 aromatic carbocycles. The summed E-state index contributed by atoms with van der Waals surface area (Å²) in [6.07, 6.45) is -4.74. The Morgan fingerprint density at radius 3 is 2.48 bits per heavy atom. The van der Waals surface area contributed by atoms with Gasteiger partial charge in [-0.3, -0.25) is 0 Å². The van der Waals surface area contributed by atoms with Crippen LogP contribution in [0.15, 0.2) is 48.7 Å². The number of hydrogen-bond acceptors (Lipinski definition) is 4. The van der Waals surface area contributed by atoms with Crippen molar-refractivity contribution in [3.8, 4) is 23.0 Å². The van der Waals surface area contributed by atoms with E-state index in [1.165, 1.54) is 30.3 Å². The summed E-state index contributed by atoms with van der Waals surface area (Å²) < 4.78 is 56.3. The highest BCUT2D eigenvalue weighted by molar-refractivity contribution is 6.07. The van der Waals surface area contributed by atoms with Crippen LogP contribution in [-0.4, -0.2) is 18.1 Å². The summed E-state index contributed by atoms with van der Waals surface area (Å²) in [5.74, 6) is -0.655. The van der Waals surface area contributed by atoms with E-state index < -0.39 is 11.9 Å². The fraction of sp³-hybridized carbons (Fsp3) is 0.111. The predicted octanol–water partition coefficient (Wildman–Crippen LogP) is 4.50. The summed E-state index contributed by atoms with van der Waals surface area (Å²) in [4.78, 5) is 0. The van der Waals surface area contributed by atoms with Gasteiger partial charge >= 0.3 is 6.18 Å². The minimum Gasteiger partial charge on any atom is -0.508 e. The van der Waals surface area contributed by atoms with Gasteiger partial charge in [0.05, 0.1) is 0 Å². The maximum Gasteiger partial charge on any atom is 0.450 e. The topological polar surface area (TPSA) is 47.9 Å². The third kappa shape index (κ3) is 2.48. The molecule has 0 amide bonds. The minimum atomic E-state index is -4.74. The average Bonchev–Trinajstić information content (AvgIpc) is 3.01. The van der Waals surface area contributed by atoms with E-state index in [1.54, 1.807) is 0 Å². The van der Waals surface area contributed by atoms with Crippen LogP contribution in [0.5, 0.6) is 23.0 Å². The molecule has 4 nitrogen and oxygen atoms in total. The molecule has 2 heterocycles. The van der Waals surface area contributed by atoms with E-state index in [-0.39, 0.29) is 35.0 Å². The summed E-state index contributed by atoms with van der Waals surface area (Å²) in [6.45, 7) is 3.83. The average molecular weight is 348 g/mol. The number of aromatic hydroxyl groups is 1. The first kappa shape index (κ1) is 15.4. The molecule has 0 radical (unpaired) electrons. The molecule has 0 aliphatic carbocycles. The quantitative estimate of drug-likeness (QED) is 0.824. The molecule has 0 spiro atoms. The molecule has 0 aromatic heterocycles. The smallest absolute Gasteiger partial charge is 0.450 e. The first-order valence-electron chi connectivity index (χ1n) is 7.26. The fourth-order valence-corrected chi connectivity index (χ4v) is 2.83. The second-order valence-corrected chi connectivity index (χ2v) is 5.53. The predicted molar refractivity (Wildman–Crippen MR) is 83.3 cm³/mol. The van der Waals surface area contributed by atoms with Crippen molar-refractivity contribution in [3.63, 3.8) is 0 Å². The SMILES string of the molecule is C=C1C(c2ccc3c(c2)OCO3)=C(C(F)(F)F)Oc2cc(O)ccc21. The summed E-state index contributed by atoms with van der Waals surface area (Å²) in [6, 6.07) is 8.45. The number of alkyl halides is 3. The number of ether oxygens (including phenoxy) is 3. The van der Waals surface area contributed by atoms with Crippen LogP contribution in [0, 0.1) is 0 Å². The van der Waals surface area contributed by atoms with Gasteiger partial charge in [-0.2, -0.15) is 13.2 Å². The van der Waals surface area contributed by atoms with E-state index in [2.05, 4.69) is 6.58 Å². The number of phenolic OH excluding ortho intramolecular Hbond substituents is 1. The van der Waals surface area contributed by atoms with E-state index in [0.29, 0.717) is 17.1 Å². The van der Waals surface area contributed by atoms with Gasteiger partial charge in [0.1, 0.15) is 11.5 Å². The lowest BCUT2D eigenvalue weighted by atomic mass is 9.89. The highest BCUT2D eigenvalue weighted by Crippen LogP contribution is 2.49. The van der Waals surface area contributed by atoms with E-state index in [4.69, 9.17) is 14.2 Å². The number of halogens is 3. The Labute approximate surface area is 140 Å². The Morgan fingerprint density at radius 1 is 0.960 bits per heavy atom. The molecule has 0 atom stereocenters. The monoisotopic (exact) mass is 348 g/mol. The van der Waals surface area contributed by atoms with Crippen LogP contribution in [0.2, 0.25) is 0 Å². The highest BCUT2D eigenvalue weighted by Gasteiger charge is 2.43. The number of allylic oxidation sites excluding steroid dienone is 3. The zero-order valence-corrected chi connectivity index (χ0v) is 12.7. The standard InChI is InChI=1S/C18H11F3O4/c1-9-12-4-3-11(22)7-14(12)25-17(18(19,20)21)16(9)10-2-5-13-15(6-10)24-8-23-13/h2-7,22H,1,8H2. The third-order valence-electron chi connectivity index (χ3n) is 3.95. The van der Waals surface area contributed by atoms with Crippen molar-refractivity contribution in [2.24, 2.45) is 0 Å². The number of fused-ring (bicyclic) bond motifs is 2. The molecule has 1 N–H and O–H groups in total. The van der Waals surface area contributed by atoms with Gasteiger partial charge in [0.15, 0.2) is 11.5 Å². The van der Waals surface area contributed by atoms with Gasteiger partial charge in [0.25, 0.3) is 0 Å². The second kappa shape index (κ2) is 5.20. The third-order valence-corrected chi connectivity index (χ3v) is 3.95. The zero-order valence-electron chi connectivity index (χ0n) is 12.7. The number of phenols is 1. The lowest BCUT2D eigenvalue weighted by Crippen LogP contribution is -2.22. The van der Waals surface area contributed by atoms with Crippen molar-refractivity contribution in [1.82, 2.24) is 0 Å². The molecule has 2 aliphatic rings. The molecule has 2 aliphatic heterocycles. The summed E-state index contributed by atoms with van der Waals surface area (Å²) in [7, 11) is 0. The minimum absolute atomic E-state index is 0.0174. The van der Waals surface area contributed by atoms with Crippen LogP contribution < -0.4 is 14.2 Å². The Bertz CT molecular complexity index is 928. The van der Waals surface area contributed by atoms with Crippen LogP contribution >= 0.6 is 0 Å². The first-order valence-corrected chi connectivity index (χ1v) is 7.26. The largest absolute Gasteiger partial charge is 0.508 e. The normalized spacial score (nSPS) is 15.9. The zero-order chi connectivity index (χ0) is 17.8. The van der Waals surface area contributed by atoms with E-state index in [1.807, 2.05) is 0 Å². The Hall–Kier alpha value is -3.09. The van der Waals surface area contributed by atoms with Crippen molar-refractivity contribution in [1.29, 1.82) is 0 Å². The molecule has 0 saturated heterocycles. The highest BCUT2D eigenvalue weighted by atomic mass is 19.4. The summed E-state index contributed by atoms with van der Waals surface area (Å²) in [5, 5.41) is 9.51. The molecule has 25 heavy (non-hydrogen) atoms. The Morgan fingerprint density at radius 2 is 1.72 bits per heavy atom. The van der Waals surface area contributed by atoms with Gasteiger partial charge in [0, 0.05) is 17.2 Å². The molecular weight excluding hydrogens is 337 g/mol. The molecule has 2 aromatic rings. The number of rotatable bonds is 1. The van der Waals surface area contributed by atoms with Gasteiger partial charge in [-0.05, 0) is 35.4 Å². The Balaban J connectivity index is 1.91. The molecule has 0 unspecified atom stereocenters. The molecule has 4 rings (SSSR count). The Kier molecular flexibility index (Phi) is 3.21. The maximum absolute atomic E-state index is 13.6. The van der Waals surface area contributed by atoms with Gasteiger partial charge < -0.3 is 19.3 Å². The van der Waals surface area contributed by atoms with Crippen molar-refractivity contribution in [2.75, 3.05) is 6.79 Å². The van der Waals surface area contributed by atoms with E-state index in [9.17, 15) is 18.3 Å². The van der Waals surface area contributed by atoms with Crippen LogP contribution in [0.4, 0.5) is 13.2 Å². The summed E-state index contributed by atoms with van der Waals surface area (Å²) >= 11 is 0. The maximum atomic E-state index is 13.6. The van der Waals surface area contributed by atoms with Crippen LogP contribution in [-0.2, 0) is 0 Å². The van der Waals surface area contributed by atoms with Crippen LogP contribution in [0.3, 0.4) is 0 Å². The molecular formula is C18H11F3O4. The number of hydrogen-bond donors (Lipinski definition) is 1. The van der Waals surface area contributed by atoms with Gasteiger partial charge in [-0.1, -0.05) is 12.6 Å². The lowest BCUT2D eigenvalue weighted by Gasteiger charge is -2.27. The van der Waals surface area contributed by atoms with Crippen molar-refractivity contribution < 1.29 is 32.5 Å². The second-order valence-electron chi connectivity index (χ2n) is 5.53. The van der Waals surface area contributed by atoms with E-state index >= 15 is 0 Å². The van der Waals surface area contributed by atoms with Crippen LogP contribution in [0.25, 0.3) is 11.1 Å². The van der Waals surface area contributed by atoms with Crippen molar-refractivity contribution >= 4 is 11.1 Å². The van der Waals surface area contributed by atoms with E-state index in [0.717, 1.165) is 6.07 Å². The number of benzene rings is 2. The summed E-state index contributed by atoms with van der Waals surface area (Å²) in [5.41, 5.74) is 0.593.